The van der Waals surface area contributed by atoms with E-state index in [-0.39, 0.29) is 0 Å². The van der Waals surface area contributed by atoms with E-state index in [0.717, 1.165) is 0 Å². The lowest BCUT2D eigenvalue weighted by molar-refractivity contribution is 0.395. The first-order valence-corrected chi connectivity index (χ1v) is 7.54. The van der Waals surface area contributed by atoms with Gasteiger partial charge in [-0.2, -0.15) is 12.7 Å². The Balaban J connectivity index is 2.91. The van der Waals surface area contributed by atoms with Crippen LogP contribution in [0, 0.1) is 0 Å². The monoisotopic (exact) mass is 303 g/mol. The Morgan fingerprint density at radius 3 is 2.20 bits per heavy atom. The van der Waals surface area contributed by atoms with Crippen LogP contribution in [-0.4, -0.2) is 47.1 Å². The maximum atomic E-state index is 12.1. The van der Waals surface area contributed by atoms with Crippen molar-refractivity contribution in [3.05, 3.63) is 18.2 Å². The summed E-state index contributed by atoms with van der Waals surface area (Å²) in [5.41, 5.74) is 5.75. The van der Waals surface area contributed by atoms with Crippen molar-refractivity contribution in [1.29, 1.82) is 0 Å². The molecule has 7 nitrogen and oxygen atoms in total. The Bertz CT molecular complexity index is 511. The third-order valence-corrected chi connectivity index (χ3v) is 4.18. The number of nitrogens with zero attached hydrogens (tertiary/aromatic N) is 1. The van der Waals surface area contributed by atoms with Crippen molar-refractivity contribution >= 4 is 15.9 Å². The lowest BCUT2D eigenvalue weighted by Gasteiger charge is -2.18. The van der Waals surface area contributed by atoms with Crippen molar-refractivity contribution < 1.29 is 17.9 Å². The lowest BCUT2D eigenvalue weighted by Crippen LogP contribution is -2.34. The maximum absolute atomic E-state index is 12.1. The van der Waals surface area contributed by atoms with Gasteiger partial charge < -0.3 is 15.2 Å². The summed E-state index contributed by atoms with van der Waals surface area (Å²) in [6, 6.07) is 4.82. The molecule has 0 aliphatic heterocycles. The highest BCUT2D eigenvalue weighted by Crippen LogP contribution is 2.26. The number of ether oxygens (including phenoxy) is 2. The van der Waals surface area contributed by atoms with Crippen molar-refractivity contribution in [1.82, 2.24) is 4.31 Å². The zero-order valence-corrected chi connectivity index (χ0v) is 12.7. The zero-order chi connectivity index (χ0) is 15.2. The van der Waals surface area contributed by atoms with E-state index in [0.29, 0.717) is 36.7 Å². The molecule has 1 aromatic rings. The molecule has 1 aromatic carbocycles. The number of nitrogens with one attached hydrogen (secondary N) is 1. The Kier molecular flexibility index (Phi) is 6.05. The summed E-state index contributed by atoms with van der Waals surface area (Å²) in [7, 11) is 0.877. The van der Waals surface area contributed by atoms with Gasteiger partial charge in [-0.1, -0.05) is 0 Å². The molecule has 0 saturated carbocycles. The molecule has 0 aromatic heterocycles. The Morgan fingerprint density at radius 1 is 1.20 bits per heavy atom. The predicted octanol–water partition coefficient (Wildman–Crippen LogP) is 0.641. The topological polar surface area (TPSA) is 93.9 Å². The van der Waals surface area contributed by atoms with Gasteiger partial charge >= 0.3 is 10.2 Å². The first-order valence-electron chi connectivity index (χ1n) is 6.10. The van der Waals surface area contributed by atoms with Gasteiger partial charge in [-0.25, -0.2) is 0 Å². The molecule has 0 bridgehead atoms. The summed E-state index contributed by atoms with van der Waals surface area (Å²) in [6.45, 7) is 0.791. The van der Waals surface area contributed by atoms with Crippen LogP contribution in [0.5, 0.6) is 11.5 Å². The minimum absolute atomic E-state index is 0.354. The summed E-state index contributed by atoms with van der Waals surface area (Å²) in [6.07, 6.45) is 0.596. The van der Waals surface area contributed by atoms with E-state index in [1.54, 1.807) is 18.2 Å². The Labute approximate surface area is 119 Å². The number of methoxy groups -OCH3 is 2. The molecule has 114 valence electrons. The number of hydrogen-bond acceptors (Lipinski definition) is 5. The summed E-state index contributed by atoms with van der Waals surface area (Å²) in [4.78, 5) is 0. The molecule has 0 amide bonds. The van der Waals surface area contributed by atoms with Crippen LogP contribution in [0.25, 0.3) is 0 Å². The minimum Gasteiger partial charge on any atom is -0.497 e. The highest BCUT2D eigenvalue weighted by molar-refractivity contribution is 7.90. The molecule has 0 aliphatic rings. The fourth-order valence-corrected chi connectivity index (χ4v) is 2.47. The van der Waals surface area contributed by atoms with Crippen molar-refractivity contribution in [2.75, 3.05) is 39.1 Å². The fourth-order valence-electron chi connectivity index (χ4n) is 1.53. The second-order valence-electron chi connectivity index (χ2n) is 4.17. The molecular weight excluding hydrogens is 282 g/mol. The van der Waals surface area contributed by atoms with Gasteiger partial charge in [-0.05, 0) is 13.0 Å². The van der Waals surface area contributed by atoms with Crippen LogP contribution in [0.3, 0.4) is 0 Å². The van der Waals surface area contributed by atoms with Gasteiger partial charge in [-0.15, -0.1) is 0 Å². The smallest absolute Gasteiger partial charge is 0.301 e. The van der Waals surface area contributed by atoms with E-state index in [2.05, 4.69) is 4.72 Å². The van der Waals surface area contributed by atoms with Gasteiger partial charge in [0, 0.05) is 31.8 Å². The zero-order valence-electron chi connectivity index (χ0n) is 11.9. The average Bonchev–Trinajstić information content (AvgIpc) is 2.43. The molecule has 0 unspecified atom stereocenters. The molecule has 0 fully saturated rings. The highest BCUT2D eigenvalue weighted by Gasteiger charge is 2.17. The van der Waals surface area contributed by atoms with E-state index in [1.807, 2.05) is 0 Å². The molecule has 0 radical (unpaired) electrons. The van der Waals surface area contributed by atoms with E-state index in [1.165, 1.54) is 25.6 Å². The van der Waals surface area contributed by atoms with Crippen molar-refractivity contribution in [3.63, 3.8) is 0 Å². The Hall–Kier alpha value is -1.51. The first kappa shape index (κ1) is 16.5. The molecule has 0 heterocycles. The molecular formula is C12H21N3O4S. The molecule has 0 saturated heterocycles. The van der Waals surface area contributed by atoms with Gasteiger partial charge in [0.2, 0.25) is 0 Å². The normalized spacial score (nSPS) is 11.4. The number of hydrogen-bond donors (Lipinski definition) is 2. The van der Waals surface area contributed by atoms with Gasteiger partial charge in [0.1, 0.15) is 11.5 Å². The van der Waals surface area contributed by atoms with E-state index >= 15 is 0 Å². The number of nitrogens with two attached hydrogens (primary N) is 1. The van der Waals surface area contributed by atoms with Crippen molar-refractivity contribution in [2.24, 2.45) is 5.73 Å². The molecule has 0 aliphatic carbocycles. The van der Waals surface area contributed by atoms with Gasteiger partial charge in [0.05, 0.1) is 19.9 Å². The van der Waals surface area contributed by atoms with Crippen LogP contribution in [0.4, 0.5) is 5.69 Å². The molecule has 8 heteroatoms. The number of rotatable bonds is 8. The number of benzene rings is 1. The highest BCUT2D eigenvalue weighted by atomic mass is 32.2. The molecule has 0 atom stereocenters. The SMILES string of the molecule is COc1cc(NS(=O)(=O)N(C)CCCN)cc(OC)c1. The van der Waals surface area contributed by atoms with Gasteiger partial charge in [0.25, 0.3) is 0 Å². The second-order valence-corrected chi connectivity index (χ2v) is 5.95. The van der Waals surface area contributed by atoms with E-state index in [4.69, 9.17) is 15.2 Å². The average molecular weight is 303 g/mol. The van der Waals surface area contributed by atoms with Crippen LogP contribution in [-0.2, 0) is 10.2 Å². The molecule has 3 N–H and O–H groups in total. The Morgan fingerprint density at radius 2 is 1.75 bits per heavy atom. The summed E-state index contributed by atoms with van der Waals surface area (Å²) >= 11 is 0. The van der Waals surface area contributed by atoms with Crippen LogP contribution >= 0.6 is 0 Å². The van der Waals surface area contributed by atoms with Crippen molar-refractivity contribution in [3.8, 4) is 11.5 Å². The van der Waals surface area contributed by atoms with Crippen LogP contribution < -0.4 is 19.9 Å². The first-order chi connectivity index (χ1) is 9.42. The lowest BCUT2D eigenvalue weighted by atomic mass is 10.3. The third kappa shape index (κ3) is 4.55. The largest absolute Gasteiger partial charge is 0.497 e. The van der Waals surface area contributed by atoms with Crippen molar-refractivity contribution in [2.45, 2.75) is 6.42 Å². The minimum atomic E-state index is -3.62. The number of anilines is 1. The summed E-state index contributed by atoms with van der Waals surface area (Å²) in [5, 5.41) is 0. The van der Waals surface area contributed by atoms with E-state index in [9.17, 15) is 8.42 Å². The van der Waals surface area contributed by atoms with Gasteiger partial charge in [0.15, 0.2) is 0 Å². The predicted molar refractivity (Wildman–Crippen MR) is 78.4 cm³/mol. The maximum Gasteiger partial charge on any atom is 0.301 e. The standard InChI is InChI=1S/C12H21N3O4S/c1-15(6-4-5-13)20(16,17)14-10-7-11(18-2)9-12(8-10)19-3/h7-9,14H,4-6,13H2,1-3H3. The van der Waals surface area contributed by atoms with E-state index < -0.39 is 10.2 Å². The van der Waals surface area contributed by atoms with Crippen LogP contribution in [0.1, 0.15) is 6.42 Å². The summed E-state index contributed by atoms with van der Waals surface area (Å²) in [5.74, 6) is 1.01. The molecule has 20 heavy (non-hydrogen) atoms. The quantitative estimate of drug-likeness (QED) is 0.735. The molecule has 1 rings (SSSR count). The third-order valence-electron chi connectivity index (χ3n) is 2.69. The van der Waals surface area contributed by atoms with Crippen LogP contribution in [0.2, 0.25) is 0 Å². The molecule has 0 spiro atoms. The summed E-state index contributed by atoms with van der Waals surface area (Å²) < 4.78 is 38.1. The fraction of sp³-hybridized carbons (Fsp3) is 0.500. The van der Waals surface area contributed by atoms with Crippen LogP contribution in [0.15, 0.2) is 18.2 Å². The van der Waals surface area contributed by atoms with Gasteiger partial charge in [-0.3, -0.25) is 4.72 Å². The second kappa shape index (κ2) is 7.32.